The Kier molecular flexibility index (Phi) is 46.4. The molecule has 0 aliphatic carbocycles. The molecule has 21 atom stereocenters. The van der Waals surface area contributed by atoms with E-state index in [0.29, 0.717) is 33.6 Å². The van der Waals surface area contributed by atoms with Gasteiger partial charge in [0.15, 0.2) is 37.6 Å². The van der Waals surface area contributed by atoms with Crippen molar-refractivity contribution in [2.24, 2.45) is 5.41 Å². The lowest BCUT2D eigenvalue weighted by molar-refractivity contribution is -0.403. The lowest BCUT2D eigenvalue weighted by Gasteiger charge is -2.50. The van der Waals surface area contributed by atoms with Gasteiger partial charge in [0.25, 0.3) is 5.91 Å². The zero-order chi connectivity index (χ0) is 93.0. The van der Waals surface area contributed by atoms with Crippen LogP contribution in [0.1, 0.15) is 144 Å². The molecule has 0 bridgehead atoms. The number of carbonyl (C=O) groups excluding carboxylic acids is 7. The van der Waals surface area contributed by atoms with Gasteiger partial charge in [0.2, 0.25) is 29.5 Å². The molecule has 9 unspecified atom stereocenters. The number of thioether (sulfide) groups is 2. The van der Waals surface area contributed by atoms with Crippen LogP contribution >= 0.6 is 35.7 Å². The van der Waals surface area contributed by atoms with Crippen LogP contribution in [0.4, 0.5) is 5.69 Å². The van der Waals surface area contributed by atoms with Crippen molar-refractivity contribution >= 4 is 86.4 Å². The number of hydrogen-bond donors (Lipinski definition) is 14. The first kappa shape index (κ1) is 107. The average Bonchev–Trinajstić information content (AvgIpc) is 1.52. The number of aromatic nitrogens is 3. The average molecular weight is 1870 g/mol. The molecule has 0 spiro atoms. The molecule has 6 heterocycles. The lowest BCUT2D eigenvalue weighted by atomic mass is 9.87. The van der Waals surface area contributed by atoms with Crippen molar-refractivity contribution in [2.45, 2.75) is 286 Å². The van der Waals surface area contributed by atoms with Crippen molar-refractivity contribution in [3.05, 3.63) is 54.1 Å². The number of nitrogens with one attached hydrogen (secondary N) is 5. The number of methoxy groups -OCH3 is 2. The highest BCUT2D eigenvalue weighted by Crippen LogP contribution is 2.43. The third-order valence-corrected chi connectivity index (χ3v) is 24.8. The van der Waals surface area contributed by atoms with E-state index in [1.54, 1.807) is 35.2 Å². The molecule has 0 radical (unpaired) electrons. The molecule has 4 fully saturated rings. The van der Waals surface area contributed by atoms with Crippen LogP contribution < -0.4 is 31.5 Å². The van der Waals surface area contributed by atoms with Gasteiger partial charge in [0, 0.05) is 84.1 Å². The highest BCUT2D eigenvalue weighted by molar-refractivity contribution is 8.47. The molecular formula is C85H133N9O31S3. The maximum Gasteiger partial charge on any atom is 0.311 e. The summed E-state index contributed by atoms with van der Waals surface area (Å²) >= 11 is 8.73. The van der Waals surface area contributed by atoms with E-state index in [4.69, 9.17) is 83.3 Å². The fourth-order valence-electron chi connectivity index (χ4n) is 15.3. The van der Waals surface area contributed by atoms with E-state index < -0.39 is 177 Å². The van der Waals surface area contributed by atoms with E-state index in [0.717, 1.165) is 56.2 Å². The molecular weight excluding hydrogens is 1740 g/mol. The Morgan fingerprint density at radius 3 is 1.74 bits per heavy atom. The van der Waals surface area contributed by atoms with Crippen molar-refractivity contribution in [3.8, 4) is 22.5 Å². The topological polar surface area (TPSA) is 534 Å². The number of anilines is 1. The summed E-state index contributed by atoms with van der Waals surface area (Å²) in [6.07, 6.45) is -19.4. The van der Waals surface area contributed by atoms with Crippen LogP contribution in [0, 0.1) is 5.41 Å². The quantitative estimate of drug-likeness (QED) is 0.0164. The number of aryl methyl sites for hydroxylation is 1. The maximum absolute atomic E-state index is 14.4. The fourth-order valence-corrected chi connectivity index (χ4v) is 18.2. The van der Waals surface area contributed by atoms with E-state index in [2.05, 4.69) is 43.8 Å². The second kappa shape index (κ2) is 55.4. The monoisotopic (exact) mass is 1870 g/mol. The third-order valence-electron chi connectivity index (χ3n) is 21.9. The van der Waals surface area contributed by atoms with E-state index in [1.807, 2.05) is 62.4 Å². The van der Waals surface area contributed by atoms with E-state index in [-0.39, 0.29) is 122 Å². The molecule has 5 aliphatic rings. The number of hydrogen-bond acceptors (Lipinski definition) is 36. The highest BCUT2D eigenvalue weighted by atomic mass is 32.2. The van der Waals surface area contributed by atoms with Gasteiger partial charge in [-0.2, -0.15) is 0 Å². The van der Waals surface area contributed by atoms with Gasteiger partial charge in [-0.3, -0.25) is 33.6 Å². The van der Waals surface area contributed by atoms with Crippen LogP contribution in [-0.4, -0.2) is 353 Å². The molecule has 40 nitrogen and oxygen atoms in total. The predicted molar refractivity (Wildman–Crippen MR) is 467 cm³/mol. The Hall–Kier alpha value is -6.26. The summed E-state index contributed by atoms with van der Waals surface area (Å²) < 4.78 is 88.2. The first-order valence-electron chi connectivity index (χ1n) is 43.8. The maximum atomic E-state index is 14.4. The Labute approximate surface area is 759 Å². The molecule has 4 saturated heterocycles. The van der Waals surface area contributed by atoms with Crippen LogP contribution in [0.2, 0.25) is 0 Å². The number of carbonyl (C=O) groups is 7. The highest BCUT2D eigenvalue weighted by Gasteiger charge is 2.58. The van der Waals surface area contributed by atoms with Crippen LogP contribution in [0.15, 0.2) is 48.5 Å². The number of rotatable bonds is 54. The Morgan fingerprint density at radius 1 is 0.594 bits per heavy atom. The Balaban J connectivity index is 0.718. The summed E-state index contributed by atoms with van der Waals surface area (Å²) in [6, 6.07) is 12.1. The number of benzene rings is 2. The predicted octanol–water partition coefficient (Wildman–Crippen LogP) is 1.25. The smallest absolute Gasteiger partial charge is 0.311 e. The van der Waals surface area contributed by atoms with Gasteiger partial charge in [-0.1, -0.05) is 136 Å². The van der Waals surface area contributed by atoms with Gasteiger partial charge >= 0.3 is 5.97 Å². The number of unbranched alkanes of at least 4 members (excludes halogenated alkanes) is 9. The summed E-state index contributed by atoms with van der Waals surface area (Å²) in [5.41, 5.74) is 3.29. The SMILES string of the molecule is CCCCCCCCCCCCSC(=S)SC(CC(C)(C)C(=O)OCCCn1nnc2c1-c1ccccc1N(C(=O)CCNC(=O)CCOCCOCCOCCOCCNC(=O)C1O[C@@H](O[C@@H]3C(NC(C)=O)[C@H](O[C@@H]4C(OCO)OC(O[C@H]5[C@H](O)C(CO)OC(OC)[C@H]5NC(C)=O)[C@@H](O)[C@H]4O)OC(CO)[C@H]3O)C(O)[C@@H](O)[C@@H]1OC)Cc1ccccc1-2)C(=O)NC(C)C. The summed E-state index contributed by atoms with van der Waals surface area (Å²) in [4.78, 5) is 95.4. The minimum absolute atomic E-state index is 0.0105. The number of esters is 1. The Bertz CT molecular complexity index is 3900. The van der Waals surface area contributed by atoms with E-state index >= 15 is 0 Å². The molecule has 722 valence electrons. The van der Waals surface area contributed by atoms with Crippen molar-refractivity contribution in [3.63, 3.8) is 0 Å². The molecule has 2 aromatic carbocycles. The molecule has 3 aromatic rings. The Morgan fingerprint density at radius 2 is 1.15 bits per heavy atom. The van der Waals surface area contributed by atoms with Crippen molar-refractivity contribution in [1.82, 2.24) is 41.6 Å². The second-order valence-corrected chi connectivity index (χ2v) is 36.1. The molecule has 6 amide bonds. The van der Waals surface area contributed by atoms with E-state index in [1.165, 1.54) is 70.2 Å². The lowest BCUT2D eigenvalue weighted by Crippen LogP contribution is -2.70. The molecule has 5 aliphatic heterocycles. The molecule has 43 heteroatoms. The molecule has 128 heavy (non-hydrogen) atoms. The van der Waals surface area contributed by atoms with E-state index in [9.17, 15) is 79.5 Å². The second-order valence-electron chi connectivity index (χ2n) is 32.6. The number of aliphatic hydroxyl groups is 9. The number of nitrogens with zero attached hydrogens (tertiary/aromatic N) is 4. The fraction of sp³-hybridized carbons (Fsp3) is 0.741. The van der Waals surface area contributed by atoms with Gasteiger partial charge in [-0.25, -0.2) is 4.68 Å². The summed E-state index contributed by atoms with van der Waals surface area (Å²) in [7, 11) is 2.35. The number of ether oxygens (including phenoxy) is 15. The van der Waals surface area contributed by atoms with Crippen molar-refractivity contribution in [1.29, 1.82) is 0 Å². The molecule has 0 saturated carbocycles. The minimum atomic E-state index is -2.14. The third kappa shape index (κ3) is 31.7. The first-order chi connectivity index (χ1) is 61.5. The van der Waals surface area contributed by atoms with Crippen molar-refractivity contribution < 1.29 is 151 Å². The van der Waals surface area contributed by atoms with Crippen LogP contribution in [0.25, 0.3) is 22.5 Å². The van der Waals surface area contributed by atoms with Crippen LogP contribution in [0.5, 0.6) is 0 Å². The first-order valence-corrected chi connectivity index (χ1v) is 46.1. The van der Waals surface area contributed by atoms with Gasteiger partial charge in [-0.05, 0) is 57.9 Å². The van der Waals surface area contributed by atoms with Crippen LogP contribution in [-0.2, 0) is 118 Å². The number of aliphatic hydroxyl groups excluding tert-OH is 9. The summed E-state index contributed by atoms with van der Waals surface area (Å²) in [5, 5.41) is 121. The molecule has 14 N–H and O–H groups in total. The standard InChI is InChI=1S/C85H133N9O31S3/c1-10-11-12-13-14-15-16-17-18-23-43-127-84(126)128-58(76(108)88-49(2)3)44-85(6,7)83(110)117-34-24-33-94-64-54-27-21-22-28-55(54)93(45-52-25-19-20-26-53(52)61(64)91-92-94)60(101)29-31-86-59(100)30-35-113-37-39-115-41-42-116-40-38-114-36-32-87-77(109)75-73(111-8)67(104)69(106)80(124-75)121-72-63(90-51(5)99)79(120-57(47-96)66(72)103)123-74-68(105)70(107)81(125-82(74)118-48-97)122-71-62(89-50(4)98)78(112-9)119-56(46-95)65(71)102/h19-22,25-28,49,56-58,62-63,65-75,78-82,95-97,102-107H,10-18,23-24,29-48H2,1-9H3,(H,86,100)(H,87,109)(H,88,108)(H,89,98)(H,90,99)/t56?,57?,58?,62-,63?,65+,66+,67+,68+,69?,70-,71+,72+,73-,74-,75?,78?,79-,80+,81?,82?/m0/s1. The van der Waals surface area contributed by atoms with Gasteiger partial charge < -0.3 is 148 Å². The molecule has 8 rings (SSSR count). The van der Waals surface area contributed by atoms with Gasteiger partial charge in [-0.15, -0.1) is 16.9 Å². The normalized spacial score (nSPS) is 26.7. The zero-order valence-electron chi connectivity index (χ0n) is 74.3. The summed E-state index contributed by atoms with van der Waals surface area (Å²) in [5.74, 6) is -2.58. The minimum Gasteiger partial charge on any atom is -0.465 e. The summed E-state index contributed by atoms with van der Waals surface area (Å²) in [6.45, 7) is 10.6. The molecule has 1 aromatic heterocycles. The van der Waals surface area contributed by atoms with Gasteiger partial charge in [0.05, 0.1) is 101 Å². The van der Waals surface area contributed by atoms with Crippen LogP contribution in [0.3, 0.4) is 0 Å². The number of fused-ring (bicyclic) bond motifs is 5. The van der Waals surface area contributed by atoms with Gasteiger partial charge in [0.1, 0.15) is 101 Å². The van der Waals surface area contributed by atoms with Crippen molar-refractivity contribution in [2.75, 3.05) is 117 Å². The number of amides is 6. The zero-order valence-corrected chi connectivity index (χ0v) is 76.7. The largest absolute Gasteiger partial charge is 0.465 e. The number of thiocarbonyl (C=S) groups is 1. The number of para-hydroxylation sites is 1.